The minimum Gasteiger partial charge on any atom is -0.311 e. The largest absolute Gasteiger partial charge is 0.311 e. The molecule has 0 aromatic heterocycles. The second kappa shape index (κ2) is 7.06. The van der Waals surface area contributed by atoms with E-state index in [9.17, 15) is 0 Å². The zero-order valence-corrected chi connectivity index (χ0v) is 12.7. The van der Waals surface area contributed by atoms with E-state index in [4.69, 9.17) is 0 Å². The number of nitrogens with one attached hydrogen (secondary N) is 1. The molecule has 0 bridgehead atoms. The van der Waals surface area contributed by atoms with Crippen molar-refractivity contribution in [3.05, 3.63) is 35.4 Å². The van der Waals surface area contributed by atoms with Gasteiger partial charge in [0.25, 0.3) is 0 Å². The third-order valence-electron chi connectivity index (χ3n) is 4.23. The van der Waals surface area contributed by atoms with Gasteiger partial charge in [0.1, 0.15) is 0 Å². The molecule has 2 heteroatoms. The highest BCUT2D eigenvalue weighted by Gasteiger charge is 2.24. The molecule has 1 N–H and O–H groups in total. The van der Waals surface area contributed by atoms with Crippen LogP contribution in [0.3, 0.4) is 0 Å². The van der Waals surface area contributed by atoms with Crippen molar-refractivity contribution in [2.45, 2.75) is 58.7 Å². The predicted octanol–water partition coefficient (Wildman–Crippen LogP) is 3.21. The highest BCUT2D eigenvalue weighted by Crippen LogP contribution is 2.15. The standard InChI is InChI=1S/C17H28N2/c1-4-6-17-13-19(14(3)11-18-17)12-16-9-7-15(5-2)8-10-16/h7-10,14,17-18H,4-6,11-13H2,1-3H3. The highest BCUT2D eigenvalue weighted by molar-refractivity contribution is 5.22. The normalized spacial score (nSPS) is 24.6. The molecule has 0 saturated carbocycles. The van der Waals surface area contributed by atoms with Crippen molar-refractivity contribution in [3.63, 3.8) is 0 Å². The van der Waals surface area contributed by atoms with E-state index in [2.05, 4.69) is 55.3 Å². The van der Waals surface area contributed by atoms with Crippen molar-refractivity contribution in [2.75, 3.05) is 13.1 Å². The minimum atomic E-state index is 0.638. The van der Waals surface area contributed by atoms with E-state index >= 15 is 0 Å². The molecule has 19 heavy (non-hydrogen) atoms. The minimum absolute atomic E-state index is 0.638. The number of hydrogen-bond donors (Lipinski definition) is 1. The van der Waals surface area contributed by atoms with Crippen LogP contribution in [-0.2, 0) is 13.0 Å². The van der Waals surface area contributed by atoms with E-state index in [1.54, 1.807) is 0 Å². The van der Waals surface area contributed by atoms with Crippen molar-refractivity contribution >= 4 is 0 Å². The molecule has 0 radical (unpaired) electrons. The summed E-state index contributed by atoms with van der Waals surface area (Å²) in [6.45, 7) is 10.2. The molecule has 0 amide bonds. The molecule has 1 aliphatic heterocycles. The van der Waals surface area contributed by atoms with Crippen molar-refractivity contribution in [2.24, 2.45) is 0 Å². The summed E-state index contributed by atoms with van der Waals surface area (Å²) in [6, 6.07) is 10.4. The van der Waals surface area contributed by atoms with Crippen molar-refractivity contribution in [3.8, 4) is 0 Å². The molecule has 1 aliphatic rings. The second-order valence-electron chi connectivity index (χ2n) is 5.84. The van der Waals surface area contributed by atoms with Gasteiger partial charge in [-0.2, -0.15) is 0 Å². The van der Waals surface area contributed by atoms with Gasteiger partial charge in [0.2, 0.25) is 0 Å². The summed E-state index contributed by atoms with van der Waals surface area (Å²) in [7, 11) is 0. The third-order valence-corrected chi connectivity index (χ3v) is 4.23. The van der Waals surface area contributed by atoms with Crippen LogP contribution in [0.2, 0.25) is 0 Å². The number of benzene rings is 1. The van der Waals surface area contributed by atoms with Crippen molar-refractivity contribution < 1.29 is 0 Å². The number of rotatable bonds is 5. The summed E-state index contributed by atoms with van der Waals surface area (Å²) in [5.41, 5.74) is 2.88. The van der Waals surface area contributed by atoms with E-state index in [0.29, 0.717) is 12.1 Å². The van der Waals surface area contributed by atoms with Crippen LogP contribution >= 0.6 is 0 Å². The van der Waals surface area contributed by atoms with E-state index in [0.717, 1.165) is 19.5 Å². The summed E-state index contributed by atoms with van der Waals surface area (Å²) in [6.07, 6.45) is 3.69. The van der Waals surface area contributed by atoms with Crippen LogP contribution in [0, 0.1) is 0 Å². The van der Waals surface area contributed by atoms with Crippen LogP contribution in [0.5, 0.6) is 0 Å². The Morgan fingerprint density at radius 3 is 2.47 bits per heavy atom. The van der Waals surface area contributed by atoms with Gasteiger partial charge in [-0.3, -0.25) is 4.90 Å². The molecule has 2 atom stereocenters. The van der Waals surface area contributed by atoms with Crippen LogP contribution in [-0.4, -0.2) is 30.1 Å². The number of piperazine rings is 1. The van der Waals surface area contributed by atoms with Gasteiger partial charge in [-0.15, -0.1) is 0 Å². The van der Waals surface area contributed by atoms with E-state index < -0.39 is 0 Å². The van der Waals surface area contributed by atoms with Gasteiger partial charge in [0.15, 0.2) is 0 Å². The van der Waals surface area contributed by atoms with Crippen LogP contribution in [0.25, 0.3) is 0 Å². The lowest BCUT2D eigenvalue weighted by atomic mass is 10.0. The lowest BCUT2D eigenvalue weighted by Crippen LogP contribution is -2.54. The van der Waals surface area contributed by atoms with Crippen LogP contribution in [0.1, 0.15) is 44.7 Å². The molecule has 1 aromatic rings. The molecule has 0 spiro atoms. The fourth-order valence-corrected chi connectivity index (χ4v) is 2.87. The summed E-state index contributed by atoms with van der Waals surface area (Å²) >= 11 is 0. The predicted molar refractivity (Wildman–Crippen MR) is 82.4 cm³/mol. The zero-order chi connectivity index (χ0) is 13.7. The smallest absolute Gasteiger partial charge is 0.0237 e. The Kier molecular flexibility index (Phi) is 5.41. The average molecular weight is 260 g/mol. The number of hydrogen-bond acceptors (Lipinski definition) is 2. The Hall–Kier alpha value is -0.860. The Labute approximate surface area is 118 Å². The zero-order valence-electron chi connectivity index (χ0n) is 12.7. The first-order chi connectivity index (χ1) is 9.22. The molecular weight excluding hydrogens is 232 g/mol. The van der Waals surface area contributed by atoms with E-state index in [-0.39, 0.29) is 0 Å². The molecular formula is C17H28N2. The van der Waals surface area contributed by atoms with Gasteiger partial charge in [-0.1, -0.05) is 44.5 Å². The Bertz CT molecular complexity index is 371. The summed E-state index contributed by atoms with van der Waals surface area (Å²) < 4.78 is 0. The maximum absolute atomic E-state index is 3.66. The van der Waals surface area contributed by atoms with E-state index in [1.807, 2.05) is 0 Å². The molecule has 1 saturated heterocycles. The lowest BCUT2D eigenvalue weighted by molar-refractivity contribution is 0.129. The summed E-state index contributed by atoms with van der Waals surface area (Å²) in [5, 5.41) is 3.66. The van der Waals surface area contributed by atoms with Crippen LogP contribution in [0.15, 0.2) is 24.3 Å². The number of aryl methyl sites for hydroxylation is 1. The first kappa shape index (κ1) is 14.5. The molecule has 1 fully saturated rings. The van der Waals surface area contributed by atoms with Gasteiger partial charge in [-0.05, 0) is 30.9 Å². The topological polar surface area (TPSA) is 15.3 Å². The maximum Gasteiger partial charge on any atom is 0.0237 e. The summed E-state index contributed by atoms with van der Waals surface area (Å²) in [5.74, 6) is 0. The Morgan fingerprint density at radius 2 is 1.84 bits per heavy atom. The molecule has 0 aliphatic carbocycles. The van der Waals surface area contributed by atoms with Gasteiger partial charge < -0.3 is 5.32 Å². The van der Waals surface area contributed by atoms with Crippen molar-refractivity contribution in [1.82, 2.24) is 10.2 Å². The van der Waals surface area contributed by atoms with Gasteiger partial charge in [0, 0.05) is 31.7 Å². The Balaban J connectivity index is 1.95. The van der Waals surface area contributed by atoms with Crippen molar-refractivity contribution in [1.29, 1.82) is 0 Å². The molecule has 1 heterocycles. The van der Waals surface area contributed by atoms with Gasteiger partial charge in [-0.25, -0.2) is 0 Å². The molecule has 2 unspecified atom stereocenters. The first-order valence-electron chi connectivity index (χ1n) is 7.78. The Morgan fingerprint density at radius 1 is 1.16 bits per heavy atom. The monoisotopic (exact) mass is 260 g/mol. The number of nitrogens with zero attached hydrogens (tertiary/aromatic N) is 1. The maximum atomic E-state index is 3.66. The third kappa shape index (κ3) is 4.05. The molecule has 106 valence electrons. The van der Waals surface area contributed by atoms with Crippen LogP contribution < -0.4 is 5.32 Å². The van der Waals surface area contributed by atoms with Crippen LogP contribution in [0.4, 0.5) is 0 Å². The quantitative estimate of drug-likeness (QED) is 0.874. The SMILES string of the molecule is CCCC1CN(Cc2ccc(CC)cc2)C(C)CN1. The van der Waals surface area contributed by atoms with Gasteiger partial charge in [0.05, 0.1) is 0 Å². The lowest BCUT2D eigenvalue weighted by Gasteiger charge is -2.39. The molecule has 2 nitrogen and oxygen atoms in total. The second-order valence-corrected chi connectivity index (χ2v) is 5.84. The van der Waals surface area contributed by atoms with E-state index in [1.165, 1.54) is 30.5 Å². The average Bonchev–Trinajstić information content (AvgIpc) is 2.44. The molecule has 1 aromatic carbocycles. The van der Waals surface area contributed by atoms with Gasteiger partial charge >= 0.3 is 0 Å². The molecule has 2 rings (SSSR count). The summed E-state index contributed by atoms with van der Waals surface area (Å²) in [4.78, 5) is 2.62. The fourth-order valence-electron chi connectivity index (χ4n) is 2.87. The fraction of sp³-hybridized carbons (Fsp3) is 0.647. The highest BCUT2D eigenvalue weighted by atomic mass is 15.2. The first-order valence-corrected chi connectivity index (χ1v) is 7.78.